The third-order valence-corrected chi connectivity index (χ3v) is 5.94. The molecule has 6 nitrogen and oxygen atoms in total. The van der Waals surface area contributed by atoms with Crippen LogP contribution in [-0.2, 0) is 4.79 Å². The molecule has 0 radical (unpaired) electrons. The molecule has 1 atom stereocenters. The van der Waals surface area contributed by atoms with E-state index in [0.717, 1.165) is 3.79 Å². The predicted octanol–water partition coefficient (Wildman–Crippen LogP) is 2.27. The zero-order valence-corrected chi connectivity index (χ0v) is 17.1. The number of likely N-dealkylation sites (N-methyl/N-ethyl adjacent to an activating group) is 1. The number of hydrogen-bond acceptors (Lipinski definition) is 5. The van der Waals surface area contributed by atoms with Crippen LogP contribution >= 0.6 is 27.3 Å². The minimum absolute atomic E-state index is 0.0517. The van der Waals surface area contributed by atoms with Crippen LogP contribution in [0.4, 0.5) is 0 Å². The number of carbonyl (C=O) groups excluding carboxylic acids is 2. The van der Waals surface area contributed by atoms with Crippen molar-refractivity contribution in [2.24, 2.45) is 5.92 Å². The maximum atomic E-state index is 12.5. The first-order valence-electron chi connectivity index (χ1n) is 8.25. The minimum Gasteiger partial charge on any atom is -0.339 e. The number of amides is 2. The van der Waals surface area contributed by atoms with Gasteiger partial charge < -0.3 is 9.80 Å². The van der Waals surface area contributed by atoms with Gasteiger partial charge in [-0.15, -0.1) is 11.3 Å². The highest BCUT2D eigenvalue weighted by molar-refractivity contribution is 9.11. The van der Waals surface area contributed by atoms with Gasteiger partial charge >= 0.3 is 0 Å². The van der Waals surface area contributed by atoms with E-state index in [2.05, 4.69) is 26.9 Å². The smallest absolute Gasteiger partial charge is 0.264 e. The number of thiophene rings is 1. The van der Waals surface area contributed by atoms with Gasteiger partial charge in [0, 0.05) is 33.2 Å². The first-order chi connectivity index (χ1) is 11.8. The second-order valence-corrected chi connectivity index (χ2v) is 8.96. The van der Waals surface area contributed by atoms with E-state index in [-0.39, 0.29) is 30.3 Å². The van der Waals surface area contributed by atoms with E-state index >= 15 is 0 Å². The van der Waals surface area contributed by atoms with Crippen molar-refractivity contribution >= 4 is 39.1 Å². The van der Waals surface area contributed by atoms with Crippen molar-refractivity contribution < 1.29 is 9.59 Å². The first kappa shape index (κ1) is 19.9. The molecule has 1 aliphatic rings. The van der Waals surface area contributed by atoms with Gasteiger partial charge in [-0.05, 0) is 34.0 Å². The molecule has 25 heavy (non-hydrogen) atoms. The molecule has 0 aromatic carbocycles. The number of rotatable bonds is 5. The van der Waals surface area contributed by atoms with Crippen LogP contribution < -0.4 is 0 Å². The molecule has 8 heteroatoms. The lowest BCUT2D eigenvalue weighted by Gasteiger charge is -2.38. The fraction of sp³-hybridized carbons (Fsp3) is 0.588. The van der Waals surface area contributed by atoms with E-state index in [0.29, 0.717) is 31.1 Å². The van der Waals surface area contributed by atoms with Crippen molar-refractivity contribution in [1.82, 2.24) is 14.7 Å². The van der Waals surface area contributed by atoms with Gasteiger partial charge in [0.25, 0.3) is 5.91 Å². The number of piperazine rings is 1. The molecular formula is C17H23BrN4O2S. The highest BCUT2D eigenvalue weighted by atomic mass is 79.9. The van der Waals surface area contributed by atoms with Gasteiger partial charge in [-0.25, -0.2) is 0 Å². The maximum absolute atomic E-state index is 12.5. The highest BCUT2D eigenvalue weighted by Crippen LogP contribution is 2.23. The van der Waals surface area contributed by atoms with Crippen LogP contribution in [0.25, 0.3) is 0 Å². The van der Waals surface area contributed by atoms with E-state index in [4.69, 9.17) is 0 Å². The summed E-state index contributed by atoms with van der Waals surface area (Å²) in [4.78, 5) is 30.8. The van der Waals surface area contributed by atoms with Gasteiger partial charge in [0.1, 0.15) is 6.04 Å². The summed E-state index contributed by atoms with van der Waals surface area (Å²) in [7, 11) is 1.65. The van der Waals surface area contributed by atoms with E-state index in [9.17, 15) is 14.9 Å². The number of halogens is 1. The second kappa shape index (κ2) is 8.79. The molecule has 1 aromatic heterocycles. The van der Waals surface area contributed by atoms with Gasteiger partial charge in [-0.1, -0.05) is 13.8 Å². The van der Waals surface area contributed by atoms with Gasteiger partial charge in [0.15, 0.2) is 0 Å². The Morgan fingerprint density at radius 3 is 2.44 bits per heavy atom. The van der Waals surface area contributed by atoms with E-state index < -0.39 is 0 Å². The fourth-order valence-electron chi connectivity index (χ4n) is 2.89. The van der Waals surface area contributed by atoms with Crippen LogP contribution in [-0.4, -0.2) is 72.3 Å². The van der Waals surface area contributed by atoms with Gasteiger partial charge in [0.2, 0.25) is 5.91 Å². The Hall–Kier alpha value is -1.43. The fourth-order valence-corrected chi connectivity index (χ4v) is 4.27. The summed E-state index contributed by atoms with van der Waals surface area (Å²) in [6, 6.07) is 5.82. The molecule has 2 heterocycles. The average Bonchev–Trinajstić information content (AvgIpc) is 3.01. The molecule has 0 aliphatic carbocycles. The molecule has 1 fully saturated rings. The van der Waals surface area contributed by atoms with Gasteiger partial charge in [-0.2, -0.15) is 5.26 Å². The SMILES string of the molecule is CC(C)C(C#N)N1CCN(C(=O)CN(C)C(=O)c2ccc(Br)s2)CC1. The highest BCUT2D eigenvalue weighted by Gasteiger charge is 2.28. The normalized spacial score (nSPS) is 16.6. The number of nitriles is 1. The van der Waals surface area contributed by atoms with E-state index in [1.165, 1.54) is 16.2 Å². The molecule has 0 N–H and O–H groups in total. The Balaban J connectivity index is 1.86. The van der Waals surface area contributed by atoms with Crippen molar-refractivity contribution in [3.05, 3.63) is 20.8 Å². The summed E-state index contributed by atoms with van der Waals surface area (Å²) >= 11 is 4.70. The standard InChI is InChI=1S/C17H23BrN4O2S/c1-12(2)13(10-19)21-6-8-22(9-7-21)16(23)11-20(3)17(24)14-4-5-15(18)25-14/h4-5,12-13H,6-9,11H2,1-3H3. The van der Waals surface area contributed by atoms with Crippen molar-refractivity contribution in [3.63, 3.8) is 0 Å². The molecule has 0 spiro atoms. The van der Waals surface area contributed by atoms with Crippen LogP contribution in [0.5, 0.6) is 0 Å². The lowest BCUT2D eigenvalue weighted by Crippen LogP contribution is -2.54. The Morgan fingerprint density at radius 2 is 1.96 bits per heavy atom. The summed E-state index contributed by atoms with van der Waals surface area (Å²) in [6.45, 7) is 6.71. The topological polar surface area (TPSA) is 67.7 Å². The van der Waals surface area contributed by atoms with Crippen LogP contribution in [0, 0.1) is 17.2 Å². The summed E-state index contributed by atoms with van der Waals surface area (Å²) < 4.78 is 0.892. The Labute approximate surface area is 161 Å². The molecule has 0 saturated carbocycles. The zero-order valence-electron chi connectivity index (χ0n) is 14.7. The summed E-state index contributed by atoms with van der Waals surface area (Å²) in [5, 5.41) is 9.30. The third-order valence-electron chi connectivity index (χ3n) is 4.33. The predicted molar refractivity (Wildman–Crippen MR) is 101 cm³/mol. The molecular weight excluding hydrogens is 404 g/mol. The Morgan fingerprint density at radius 1 is 1.32 bits per heavy atom. The summed E-state index contributed by atoms with van der Waals surface area (Å²) in [6.07, 6.45) is 0. The number of nitrogens with zero attached hydrogens (tertiary/aromatic N) is 4. The van der Waals surface area contributed by atoms with E-state index in [1.54, 1.807) is 18.0 Å². The summed E-state index contributed by atoms with van der Waals surface area (Å²) in [5.41, 5.74) is 0. The maximum Gasteiger partial charge on any atom is 0.264 e. The van der Waals surface area contributed by atoms with Crippen molar-refractivity contribution in [2.75, 3.05) is 39.8 Å². The van der Waals surface area contributed by atoms with Crippen LogP contribution in [0.3, 0.4) is 0 Å². The molecule has 1 aromatic rings. The number of hydrogen-bond donors (Lipinski definition) is 0. The molecule has 1 unspecified atom stereocenters. The first-order valence-corrected chi connectivity index (χ1v) is 9.86. The molecule has 2 rings (SSSR count). The van der Waals surface area contributed by atoms with E-state index in [1.807, 2.05) is 19.9 Å². The third kappa shape index (κ3) is 5.03. The quantitative estimate of drug-likeness (QED) is 0.723. The molecule has 2 amide bonds. The van der Waals surface area contributed by atoms with Crippen molar-refractivity contribution in [2.45, 2.75) is 19.9 Å². The lowest BCUT2D eigenvalue weighted by atomic mass is 10.0. The molecule has 136 valence electrons. The van der Waals surface area contributed by atoms with Gasteiger partial charge in [-0.3, -0.25) is 14.5 Å². The lowest BCUT2D eigenvalue weighted by molar-refractivity contribution is -0.133. The van der Waals surface area contributed by atoms with Crippen molar-refractivity contribution in [3.8, 4) is 6.07 Å². The zero-order chi connectivity index (χ0) is 18.6. The largest absolute Gasteiger partial charge is 0.339 e. The van der Waals surface area contributed by atoms with Gasteiger partial charge in [0.05, 0.1) is 21.3 Å². The summed E-state index contributed by atoms with van der Waals surface area (Å²) in [5.74, 6) is 0.0670. The minimum atomic E-state index is -0.146. The molecule has 0 bridgehead atoms. The van der Waals surface area contributed by atoms with Crippen LogP contribution in [0.2, 0.25) is 0 Å². The Bertz CT molecular complexity index is 662. The number of carbonyl (C=O) groups is 2. The average molecular weight is 427 g/mol. The molecule has 1 saturated heterocycles. The monoisotopic (exact) mass is 426 g/mol. The van der Waals surface area contributed by atoms with Crippen LogP contribution in [0.15, 0.2) is 15.9 Å². The van der Waals surface area contributed by atoms with Crippen molar-refractivity contribution in [1.29, 1.82) is 5.26 Å². The Kier molecular flexibility index (Phi) is 6.99. The second-order valence-electron chi connectivity index (χ2n) is 6.50. The molecule has 1 aliphatic heterocycles. The van der Waals surface area contributed by atoms with Crippen LogP contribution in [0.1, 0.15) is 23.5 Å².